The number of nitrogens with zero attached hydrogens (tertiary/aromatic N) is 2. The van der Waals surface area contributed by atoms with Crippen LogP contribution in [0.2, 0.25) is 0 Å². The van der Waals surface area contributed by atoms with E-state index in [0.29, 0.717) is 13.1 Å². The van der Waals surface area contributed by atoms with E-state index in [1.165, 1.54) is 0 Å². The number of carbonyl (C=O) groups is 1. The summed E-state index contributed by atoms with van der Waals surface area (Å²) < 4.78 is 13.7. The van der Waals surface area contributed by atoms with Crippen molar-refractivity contribution < 1.29 is 14.1 Å². The summed E-state index contributed by atoms with van der Waals surface area (Å²) in [6.07, 6.45) is 1.95. The van der Waals surface area contributed by atoms with Crippen molar-refractivity contribution >= 4 is 39.9 Å². The average Bonchev–Trinajstić information content (AvgIpc) is 2.93. The van der Waals surface area contributed by atoms with Crippen LogP contribution in [0.4, 0.5) is 15.8 Å². The van der Waals surface area contributed by atoms with Crippen LogP contribution < -0.4 is 5.32 Å². The fraction of sp³-hybridized carbons (Fsp3) is 0.417. The van der Waals surface area contributed by atoms with Gasteiger partial charge in [0.15, 0.2) is 0 Å². The molecule has 1 saturated heterocycles. The molecule has 0 atom stereocenters. The minimum Gasteiger partial charge on any atom is -0.370 e. The van der Waals surface area contributed by atoms with Crippen molar-refractivity contribution in [2.75, 3.05) is 25.0 Å². The van der Waals surface area contributed by atoms with Gasteiger partial charge in [0.2, 0.25) is 5.91 Å². The number of halogens is 2. The van der Waals surface area contributed by atoms with Gasteiger partial charge in [0.1, 0.15) is 11.5 Å². The monoisotopic (exact) mass is 393 g/mol. The number of hydrogen-bond donors (Lipinski definition) is 1. The Kier molecular flexibility index (Phi) is 4.73. The van der Waals surface area contributed by atoms with Gasteiger partial charge in [0, 0.05) is 25.2 Å². The molecule has 0 aliphatic carbocycles. The third kappa shape index (κ3) is 3.35. The molecule has 1 aliphatic heterocycles. The highest BCUT2D eigenvalue weighted by Crippen LogP contribution is 2.28. The number of carbonyl (C=O) groups excluding carboxylic acids is 1. The van der Waals surface area contributed by atoms with Crippen molar-refractivity contribution in [3.8, 4) is 0 Å². The zero-order valence-corrected chi connectivity index (χ0v) is 12.7. The second-order valence-corrected chi connectivity index (χ2v) is 5.64. The minimum absolute atomic E-state index is 0.0282. The lowest BCUT2D eigenvalue weighted by Crippen LogP contribution is -2.33. The van der Waals surface area contributed by atoms with E-state index < -0.39 is 10.7 Å². The number of nitro benzene ring substituents is 1. The molecule has 1 aliphatic rings. The standard InChI is InChI=1S/C12H13FIN3O3/c13-8-5-10(11(17(19)20)6-9(8)14)15-7-12(18)16-3-1-2-4-16/h5-6,15H,1-4,7H2. The maximum absolute atomic E-state index is 13.5. The van der Waals surface area contributed by atoms with Crippen LogP contribution in [-0.4, -0.2) is 35.4 Å². The molecule has 1 aromatic rings. The molecule has 1 aromatic carbocycles. The predicted octanol–water partition coefficient (Wildman–Crippen LogP) is 2.37. The number of likely N-dealkylation sites (tertiary alicyclic amines) is 1. The smallest absolute Gasteiger partial charge is 0.293 e. The van der Waals surface area contributed by atoms with E-state index in [1.807, 2.05) is 0 Å². The average molecular weight is 393 g/mol. The predicted molar refractivity (Wildman–Crippen MR) is 80.1 cm³/mol. The van der Waals surface area contributed by atoms with E-state index in [4.69, 9.17) is 0 Å². The van der Waals surface area contributed by atoms with Crippen LogP contribution in [0.3, 0.4) is 0 Å². The largest absolute Gasteiger partial charge is 0.370 e. The SMILES string of the molecule is O=C(CNc1cc(F)c(I)cc1[N+](=O)[O-])N1CCCC1. The summed E-state index contributed by atoms with van der Waals surface area (Å²) in [4.78, 5) is 23.9. The lowest BCUT2D eigenvalue weighted by atomic mass is 10.2. The molecule has 0 bridgehead atoms. The summed E-state index contributed by atoms with van der Waals surface area (Å²) >= 11 is 1.69. The van der Waals surface area contributed by atoms with E-state index >= 15 is 0 Å². The Balaban J connectivity index is 2.10. The number of hydrogen-bond acceptors (Lipinski definition) is 4. The molecule has 1 N–H and O–H groups in total. The van der Waals surface area contributed by atoms with Gasteiger partial charge in [-0.05, 0) is 35.4 Å². The lowest BCUT2D eigenvalue weighted by molar-refractivity contribution is -0.384. The molecule has 0 unspecified atom stereocenters. The van der Waals surface area contributed by atoms with Gasteiger partial charge < -0.3 is 10.2 Å². The molecule has 1 fully saturated rings. The first kappa shape index (κ1) is 14.9. The first-order valence-corrected chi connectivity index (χ1v) is 7.22. The molecule has 8 heteroatoms. The number of rotatable bonds is 4. The Morgan fingerprint density at radius 1 is 1.45 bits per heavy atom. The fourth-order valence-corrected chi connectivity index (χ4v) is 2.53. The van der Waals surface area contributed by atoms with E-state index in [2.05, 4.69) is 5.32 Å². The first-order chi connectivity index (χ1) is 9.49. The molecule has 0 aromatic heterocycles. The van der Waals surface area contributed by atoms with Crippen molar-refractivity contribution in [1.82, 2.24) is 4.90 Å². The Morgan fingerprint density at radius 2 is 2.10 bits per heavy atom. The van der Waals surface area contributed by atoms with Gasteiger partial charge in [0.25, 0.3) is 5.69 Å². The summed E-state index contributed by atoms with van der Waals surface area (Å²) in [6.45, 7) is 1.36. The second kappa shape index (κ2) is 6.33. The molecule has 1 amide bonds. The van der Waals surface area contributed by atoms with Crippen molar-refractivity contribution in [3.63, 3.8) is 0 Å². The highest BCUT2D eigenvalue weighted by atomic mass is 127. The van der Waals surface area contributed by atoms with Gasteiger partial charge in [-0.25, -0.2) is 4.39 Å². The summed E-state index contributed by atoms with van der Waals surface area (Å²) in [5.41, 5.74) is -0.203. The molecule has 6 nitrogen and oxygen atoms in total. The summed E-state index contributed by atoms with van der Waals surface area (Å²) in [6, 6.07) is 2.20. The maximum atomic E-state index is 13.5. The molecule has 108 valence electrons. The van der Waals surface area contributed by atoms with Crippen molar-refractivity contribution in [1.29, 1.82) is 0 Å². The van der Waals surface area contributed by atoms with Gasteiger partial charge in [-0.15, -0.1) is 0 Å². The zero-order chi connectivity index (χ0) is 14.7. The minimum atomic E-state index is -0.593. The topological polar surface area (TPSA) is 75.5 Å². The number of nitrogens with one attached hydrogen (secondary N) is 1. The normalized spacial score (nSPS) is 14.4. The molecule has 2 rings (SSSR count). The van der Waals surface area contributed by atoms with Crippen LogP contribution in [0, 0.1) is 19.5 Å². The number of anilines is 1. The molecule has 0 radical (unpaired) electrons. The molecule has 0 spiro atoms. The Bertz CT molecular complexity index is 547. The maximum Gasteiger partial charge on any atom is 0.293 e. The second-order valence-electron chi connectivity index (χ2n) is 4.48. The van der Waals surface area contributed by atoms with Gasteiger partial charge >= 0.3 is 0 Å². The van der Waals surface area contributed by atoms with Crippen molar-refractivity contribution in [2.45, 2.75) is 12.8 Å². The lowest BCUT2D eigenvalue weighted by Gasteiger charge is -2.16. The Labute approximate surface area is 128 Å². The highest BCUT2D eigenvalue weighted by molar-refractivity contribution is 14.1. The third-order valence-electron chi connectivity index (χ3n) is 3.12. The number of amides is 1. The van der Waals surface area contributed by atoms with Crippen LogP contribution in [-0.2, 0) is 4.79 Å². The Hall–Kier alpha value is -1.45. The quantitative estimate of drug-likeness (QED) is 0.484. The van der Waals surface area contributed by atoms with E-state index in [-0.39, 0.29) is 27.4 Å². The molecular formula is C12H13FIN3O3. The molecule has 20 heavy (non-hydrogen) atoms. The van der Waals surface area contributed by atoms with Crippen molar-refractivity contribution in [2.24, 2.45) is 0 Å². The molecule has 1 heterocycles. The van der Waals surface area contributed by atoms with Gasteiger partial charge in [-0.2, -0.15) is 0 Å². The zero-order valence-electron chi connectivity index (χ0n) is 10.6. The molecular weight excluding hydrogens is 380 g/mol. The van der Waals surface area contributed by atoms with Gasteiger partial charge in [-0.3, -0.25) is 14.9 Å². The van der Waals surface area contributed by atoms with Gasteiger partial charge in [-0.1, -0.05) is 0 Å². The van der Waals surface area contributed by atoms with Crippen LogP contribution in [0.5, 0.6) is 0 Å². The van der Waals surface area contributed by atoms with E-state index in [9.17, 15) is 19.3 Å². The fourth-order valence-electron chi connectivity index (χ4n) is 2.08. The van der Waals surface area contributed by atoms with Crippen LogP contribution in [0.1, 0.15) is 12.8 Å². The number of nitro groups is 1. The third-order valence-corrected chi connectivity index (χ3v) is 3.95. The first-order valence-electron chi connectivity index (χ1n) is 6.14. The van der Waals surface area contributed by atoms with Crippen LogP contribution >= 0.6 is 22.6 Å². The van der Waals surface area contributed by atoms with E-state index in [0.717, 1.165) is 25.0 Å². The summed E-state index contributed by atoms with van der Waals surface area (Å²) in [5.74, 6) is -0.678. The summed E-state index contributed by atoms with van der Waals surface area (Å²) in [7, 11) is 0. The van der Waals surface area contributed by atoms with Crippen LogP contribution in [0.25, 0.3) is 0 Å². The number of benzene rings is 1. The van der Waals surface area contributed by atoms with Crippen LogP contribution in [0.15, 0.2) is 12.1 Å². The highest BCUT2D eigenvalue weighted by Gasteiger charge is 2.21. The summed E-state index contributed by atoms with van der Waals surface area (Å²) in [5, 5.41) is 13.6. The molecule has 0 saturated carbocycles. The van der Waals surface area contributed by atoms with Gasteiger partial charge in [0.05, 0.1) is 15.0 Å². The Morgan fingerprint density at radius 3 is 2.70 bits per heavy atom. The van der Waals surface area contributed by atoms with Crippen molar-refractivity contribution in [3.05, 3.63) is 31.6 Å². The van der Waals surface area contributed by atoms with E-state index in [1.54, 1.807) is 27.5 Å².